The van der Waals surface area contributed by atoms with Crippen molar-refractivity contribution in [1.29, 1.82) is 0 Å². The predicted octanol–water partition coefficient (Wildman–Crippen LogP) is 1.47. The molecule has 0 atom stereocenters. The fourth-order valence-corrected chi connectivity index (χ4v) is 1.44. The van der Waals surface area contributed by atoms with Crippen molar-refractivity contribution in [3.8, 4) is 0 Å². The van der Waals surface area contributed by atoms with E-state index < -0.39 is 5.97 Å². The van der Waals surface area contributed by atoms with E-state index in [1.807, 2.05) is 6.92 Å². The molecule has 0 saturated carbocycles. The van der Waals surface area contributed by atoms with Crippen LogP contribution in [0.25, 0.3) is 0 Å². The Hall–Kier alpha value is -1.63. The minimum atomic E-state index is -0.479. The Morgan fingerprint density at radius 2 is 2.24 bits per heavy atom. The molecule has 6 nitrogen and oxygen atoms in total. The zero-order valence-electron chi connectivity index (χ0n) is 9.99. The zero-order valence-corrected chi connectivity index (χ0v) is 10.8. The summed E-state index contributed by atoms with van der Waals surface area (Å²) < 4.78 is 9.90. The van der Waals surface area contributed by atoms with E-state index in [-0.39, 0.29) is 11.4 Å². The van der Waals surface area contributed by atoms with Gasteiger partial charge < -0.3 is 19.9 Å². The molecule has 0 aliphatic carbocycles. The minimum Gasteiger partial charge on any atom is -0.462 e. The van der Waals surface area contributed by atoms with Crippen LogP contribution >= 0.6 is 12.2 Å². The average molecular weight is 257 g/mol. The van der Waals surface area contributed by atoms with Crippen molar-refractivity contribution >= 4 is 29.2 Å². The lowest BCUT2D eigenvalue weighted by Gasteiger charge is -2.07. The van der Waals surface area contributed by atoms with Crippen molar-refractivity contribution in [3.05, 3.63) is 11.3 Å². The Kier molecular flexibility index (Phi) is 4.89. The summed E-state index contributed by atoms with van der Waals surface area (Å²) >= 11 is 4.99. The molecule has 0 aromatic carbocycles. The second-order valence-electron chi connectivity index (χ2n) is 3.18. The molecule has 94 valence electrons. The van der Waals surface area contributed by atoms with Gasteiger partial charge >= 0.3 is 5.97 Å². The van der Waals surface area contributed by atoms with E-state index in [9.17, 15) is 4.79 Å². The van der Waals surface area contributed by atoms with Crippen LogP contribution in [0.1, 0.15) is 29.9 Å². The summed E-state index contributed by atoms with van der Waals surface area (Å²) in [6, 6.07) is 0. The zero-order chi connectivity index (χ0) is 12.8. The molecule has 1 rings (SSSR count). The summed E-state index contributed by atoms with van der Waals surface area (Å²) in [7, 11) is 0. The van der Waals surface area contributed by atoms with Gasteiger partial charge in [-0.1, -0.05) is 5.16 Å². The molecule has 0 saturated heterocycles. The van der Waals surface area contributed by atoms with Crippen molar-refractivity contribution < 1.29 is 14.1 Å². The quantitative estimate of drug-likeness (QED) is 0.624. The Morgan fingerprint density at radius 1 is 1.53 bits per heavy atom. The van der Waals surface area contributed by atoms with Crippen molar-refractivity contribution in [3.63, 3.8) is 0 Å². The van der Waals surface area contributed by atoms with Gasteiger partial charge in [-0.05, 0) is 33.0 Å². The second-order valence-corrected chi connectivity index (χ2v) is 3.59. The van der Waals surface area contributed by atoms with Gasteiger partial charge in [-0.3, -0.25) is 0 Å². The van der Waals surface area contributed by atoms with E-state index in [2.05, 4.69) is 15.8 Å². The number of thiocarbonyl (C=S) groups is 1. The fourth-order valence-electron chi connectivity index (χ4n) is 1.21. The molecule has 1 heterocycles. The van der Waals surface area contributed by atoms with Crippen molar-refractivity contribution in [2.45, 2.75) is 20.8 Å². The van der Waals surface area contributed by atoms with Crippen LogP contribution in [0.5, 0.6) is 0 Å². The average Bonchev–Trinajstić information content (AvgIpc) is 2.60. The molecule has 17 heavy (non-hydrogen) atoms. The summed E-state index contributed by atoms with van der Waals surface area (Å²) in [6.07, 6.45) is 0. The molecule has 0 fully saturated rings. The van der Waals surface area contributed by atoms with Crippen LogP contribution in [0.4, 0.5) is 5.88 Å². The first-order chi connectivity index (χ1) is 8.10. The third-order valence-corrected chi connectivity index (χ3v) is 2.15. The largest absolute Gasteiger partial charge is 0.462 e. The monoisotopic (exact) mass is 257 g/mol. The van der Waals surface area contributed by atoms with Crippen LogP contribution in [0.3, 0.4) is 0 Å². The van der Waals surface area contributed by atoms with Crippen LogP contribution < -0.4 is 10.6 Å². The van der Waals surface area contributed by atoms with E-state index in [0.717, 1.165) is 0 Å². The Morgan fingerprint density at radius 3 is 2.82 bits per heavy atom. The maximum Gasteiger partial charge on any atom is 0.345 e. The first-order valence-electron chi connectivity index (χ1n) is 5.28. The van der Waals surface area contributed by atoms with Gasteiger partial charge in [-0.15, -0.1) is 0 Å². The van der Waals surface area contributed by atoms with Gasteiger partial charge in [0.25, 0.3) is 0 Å². The molecule has 0 amide bonds. The molecule has 0 aliphatic rings. The number of aromatic nitrogens is 1. The molecule has 1 aromatic heterocycles. The van der Waals surface area contributed by atoms with E-state index >= 15 is 0 Å². The lowest BCUT2D eigenvalue weighted by Crippen LogP contribution is -2.28. The maximum absolute atomic E-state index is 11.7. The molecule has 1 aromatic rings. The number of carbonyl (C=O) groups excluding carboxylic acids is 1. The number of nitrogens with one attached hydrogen (secondary N) is 2. The Labute approximate surface area is 105 Å². The van der Waals surface area contributed by atoms with Gasteiger partial charge in [0.05, 0.1) is 12.3 Å². The molecule has 0 spiro atoms. The number of hydrogen-bond donors (Lipinski definition) is 2. The topological polar surface area (TPSA) is 76.4 Å². The first kappa shape index (κ1) is 13.4. The normalized spacial score (nSPS) is 9.82. The minimum absolute atomic E-state index is 0.201. The molecule has 0 aliphatic heterocycles. The lowest BCUT2D eigenvalue weighted by molar-refractivity contribution is 0.0526. The van der Waals surface area contributed by atoms with Crippen LogP contribution in [-0.2, 0) is 4.74 Å². The van der Waals surface area contributed by atoms with Crippen molar-refractivity contribution in [2.75, 3.05) is 18.5 Å². The van der Waals surface area contributed by atoms with Crippen LogP contribution in [-0.4, -0.2) is 29.4 Å². The molecule has 0 radical (unpaired) electrons. The van der Waals surface area contributed by atoms with Crippen LogP contribution in [0.2, 0.25) is 0 Å². The molecular formula is C10H15N3O3S. The van der Waals surface area contributed by atoms with E-state index in [1.165, 1.54) is 0 Å². The van der Waals surface area contributed by atoms with E-state index in [4.69, 9.17) is 21.5 Å². The first-order valence-corrected chi connectivity index (χ1v) is 5.69. The van der Waals surface area contributed by atoms with E-state index in [1.54, 1.807) is 13.8 Å². The standard InChI is InChI=1S/C10H15N3O3S/c1-4-11-10(17)12-8-7(6(3)13-16-8)9(14)15-5-2/h4-5H2,1-3H3,(H2,11,12,17). The highest BCUT2D eigenvalue weighted by atomic mass is 32.1. The lowest BCUT2D eigenvalue weighted by atomic mass is 10.2. The number of hydrogen-bond acceptors (Lipinski definition) is 5. The maximum atomic E-state index is 11.7. The number of carbonyl (C=O) groups is 1. The highest BCUT2D eigenvalue weighted by Crippen LogP contribution is 2.20. The molecule has 2 N–H and O–H groups in total. The highest BCUT2D eigenvalue weighted by molar-refractivity contribution is 7.80. The molecule has 7 heteroatoms. The number of aryl methyl sites for hydroxylation is 1. The number of rotatable bonds is 4. The van der Waals surface area contributed by atoms with Crippen molar-refractivity contribution in [2.24, 2.45) is 0 Å². The van der Waals surface area contributed by atoms with Gasteiger partial charge in [-0.25, -0.2) is 4.79 Å². The SMILES string of the molecule is CCNC(=S)Nc1onc(C)c1C(=O)OCC. The fraction of sp³-hybridized carbons (Fsp3) is 0.500. The summed E-state index contributed by atoms with van der Waals surface area (Å²) in [4.78, 5) is 11.7. The van der Waals surface area contributed by atoms with Crippen molar-refractivity contribution in [1.82, 2.24) is 10.5 Å². The van der Waals surface area contributed by atoms with Gasteiger partial charge in [-0.2, -0.15) is 0 Å². The summed E-state index contributed by atoms with van der Waals surface area (Å²) in [6.45, 7) is 6.27. The van der Waals surface area contributed by atoms with Gasteiger partial charge in [0, 0.05) is 6.54 Å². The molecular weight excluding hydrogens is 242 g/mol. The highest BCUT2D eigenvalue weighted by Gasteiger charge is 2.22. The summed E-state index contributed by atoms with van der Waals surface area (Å²) in [5.74, 6) is -0.278. The molecule has 0 unspecified atom stereocenters. The number of nitrogens with zero attached hydrogens (tertiary/aromatic N) is 1. The Balaban J connectivity index is 2.86. The van der Waals surface area contributed by atoms with E-state index in [0.29, 0.717) is 24.0 Å². The summed E-state index contributed by atoms with van der Waals surface area (Å²) in [5, 5.41) is 9.72. The summed E-state index contributed by atoms with van der Waals surface area (Å²) in [5.41, 5.74) is 0.734. The molecule has 0 bridgehead atoms. The third kappa shape index (κ3) is 3.42. The number of ether oxygens (including phenoxy) is 1. The van der Waals surface area contributed by atoms with Gasteiger partial charge in [0.15, 0.2) is 5.11 Å². The van der Waals surface area contributed by atoms with Gasteiger partial charge in [0.2, 0.25) is 5.88 Å². The van der Waals surface area contributed by atoms with Crippen LogP contribution in [0, 0.1) is 6.92 Å². The van der Waals surface area contributed by atoms with Gasteiger partial charge in [0.1, 0.15) is 5.56 Å². The second kappa shape index (κ2) is 6.19. The van der Waals surface area contributed by atoms with Crippen LogP contribution in [0.15, 0.2) is 4.52 Å². The smallest absolute Gasteiger partial charge is 0.345 e. The number of anilines is 1. The number of esters is 1. The Bertz CT molecular complexity index is 417. The predicted molar refractivity (Wildman–Crippen MR) is 67.1 cm³/mol. The third-order valence-electron chi connectivity index (χ3n) is 1.91.